The van der Waals surface area contributed by atoms with Gasteiger partial charge < -0.3 is 9.64 Å². The third kappa shape index (κ3) is 3.64. The molecule has 6 heteroatoms. The Labute approximate surface area is 140 Å². The number of rotatable bonds is 4. The average molecular weight is 329 g/mol. The second kappa shape index (κ2) is 7.46. The van der Waals surface area contributed by atoms with E-state index in [0.29, 0.717) is 23.8 Å². The number of benzene rings is 1. The number of carbonyl (C=O) groups is 1. The summed E-state index contributed by atoms with van der Waals surface area (Å²) in [6, 6.07) is 9.80. The highest BCUT2D eigenvalue weighted by Crippen LogP contribution is 2.25. The van der Waals surface area contributed by atoms with E-state index in [-0.39, 0.29) is 5.97 Å². The molecule has 120 valence electrons. The zero-order valence-electron chi connectivity index (χ0n) is 13.1. The molecule has 1 aromatic heterocycles. The Bertz CT molecular complexity index is 673. The molecule has 1 aliphatic heterocycles. The van der Waals surface area contributed by atoms with Gasteiger partial charge in [-0.05, 0) is 6.92 Å². The van der Waals surface area contributed by atoms with Crippen molar-refractivity contribution < 1.29 is 9.53 Å². The lowest BCUT2D eigenvalue weighted by Crippen LogP contribution is -2.34. The van der Waals surface area contributed by atoms with E-state index in [0.717, 1.165) is 30.2 Å². The van der Waals surface area contributed by atoms with E-state index in [2.05, 4.69) is 14.9 Å². The quantitative estimate of drug-likeness (QED) is 0.804. The summed E-state index contributed by atoms with van der Waals surface area (Å²) in [5.74, 6) is 3.02. The predicted octanol–water partition coefficient (Wildman–Crippen LogP) is 2.87. The molecule has 2 heterocycles. The first kappa shape index (κ1) is 15.8. The van der Waals surface area contributed by atoms with Gasteiger partial charge in [-0.15, -0.1) is 0 Å². The molecule has 3 rings (SSSR count). The molecular weight excluding hydrogens is 310 g/mol. The standard InChI is InChI=1S/C17H19N3O2S/c1-2-22-17(21)14-12-18-15(13-6-4-3-5-7-13)19-16(14)20-8-10-23-11-9-20/h3-7,12H,2,8-11H2,1H3. The fraction of sp³-hybridized carbons (Fsp3) is 0.353. The summed E-state index contributed by atoms with van der Waals surface area (Å²) in [7, 11) is 0. The SMILES string of the molecule is CCOC(=O)c1cnc(-c2ccccc2)nc1N1CCSCC1. The van der Waals surface area contributed by atoms with E-state index >= 15 is 0 Å². The molecule has 0 saturated carbocycles. The molecule has 0 amide bonds. The van der Waals surface area contributed by atoms with Crippen LogP contribution in [-0.2, 0) is 4.74 Å². The van der Waals surface area contributed by atoms with E-state index in [1.807, 2.05) is 42.1 Å². The Kier molecular flexibility index (Phi) is 5.12. The molecule has 2 aromatic rings. The first-order chi connectivity index (χ1) is 11.3. The number of ether oxygens (including phenoxy) is 1. The topological polar surface area (TPSA) is 55.3 Å². The summed E-state index contributed by atoms with van der Waals surface area (Å²) in [5.41, 5.74) is 1.38. The zero-order chi connectivity index (χ0) is 16.1. The van der Waals surface area contributed by atoms with Crippen molar-refractivity contribution in [3.63, 3.8) is 0 Å². The van der Waals surface area contributed by atoms with Crippen molar-refractivity contribution >= 4 is 23.5 Å². The molecule has 0 aliphatic carbocycles. The molecule has 0 N–H and O–H groups in total. The Morgan fingerprint density at radius 3 is 2.70 bits per heavy atom. The largest absolute Gasteiger partial charge is 0.462 e. The molecule has 0 spiro atoms. The Morgan fingerprint density at radius 1 is 1.26 bits per heavy atom. The van der Waals surface area contributed by atoms with E-state index < -0.39 is 0 Å². The molecule has 0 atom stereocenters. The number of hydrogen-bond donors (Lipinski definition) is 0. The molecule has 5 nitrogen and oxygen atoms in total. The van der Waals surface area contributed by atoms with E-state index in [1.54, 1.807) is 13.1 Å². The normalized spacial score (nSPS) is 14.6. The third-order valence-corrected chi connectivity index (χ3v) is 4.55. The van der Waals surface area contributed by atoms with Gasteiger partial charge in [0.25, 0.3) is 0 Å². The third-order valence-electron chi connectivity index (χ3n) is 3.61. The monoisotopic (exact) mass is 329 g/mol. The minimum absolute atomic E-state index is 0.342. The Hall–Kier alpha value is -2.08. The molecule has 1 aromatic carbocycles. The summed E-state index contributed by atoms with van der Waals surface area (Å²) < 4.78 is 5.15. The fourth-order valence-corrected chi connectivity index (χ4v) is 3.37. The molecule has 0 unspecified atom stereocenters. The van der Waals surface area contributed by atoms with Crippen molar-refractivity contribution in [2.24, 2.45) is 0 Å². The van der Waals surface area contributed by atoms with Crippen LogP contribution in [0.3, 0.4) is 0 Å². The highest BCUT2D eigenvalue weighted by molar-refractivity contribution is 7.99. The zero-order valence-corrected chi connectivity index (χ0v) is 13.9. The fourth-order valence-electron chi connectivity index (χ4n) is 2.47. The van der Waals surface area contributed by atoms with Gasteiger partial charge in [-0.1, -0.05) is 30.3 Å². The first-order valence-corrected chi connectivity index (χ1v) is 8.87. The molecular formula is C17H19N3O2S. The Morgan fingerprint density at radius 2 is 2.00 bits per heavy atom. The van der Waals surface area contributed by atoms with Gasteiger partial charge in [0.05, 0.1) is 6.61 Å². The molecule has 1 aliphatic rings. The lowest BCUT2D eigenvalue weighted by Gasteiger charge is -2.28. The lowest BCUT2D eigenvalue weighted by atomic mass is 10.2. The van der Waals surface area contributed by atoms with Gasteiger partial charge >= 0.3 is 5.97 Å². The van der Waals surface area contributed by atoms with Gasteiger partial charge in [0.1, 0.15) is 11.4 Å². The van der Waals surface area contributed by atoms with Gasteiger partial charge in [0.15, 0.2) is 5.82 Å². The van der Waals surface area contributed by atoms with Gasteiger partial charge in [-0.3, -0.25) is 0 Å². The molecule has 0 bridgehead atoms. The molecule has 23 heavy (non-hydrogen) atoms. The van der Waals surface area contributed by atoms with Crippen LogP contribution < -0.4 is 4.90 Å². The maximum atomic E-state index is 12.2. The smallest absolute Gasteiger partial charge is 0.343 e. The van der Waals surface area contributed by atoms with E-state index in [9.17, 15) is 4.79 Å². The summed E-state index contributed by atoms with van der Waals surface area (Å²) in [4.78, 5) is 23.4. The van der Waals surface area contributed by atoms with Crippen LogP contribution in [0.25, 0.3) is 11.4 Å². The van der Waals surface area contributed by atoms with Crippen LogP contribution in [0.15, 0.2) is 36.5 Å². The van der Waals surface area contributed by atoms with Crippen LogP contribution in [-0.4, -0.2) is 47.1 Å². The first-order valence-electron chi connectivity index (χ1n) is 7.72. The van der Waals surface area contributed by atoms with Crippen molar-refractivity contribution in [1.82, 2.24) is 9.97 Å². The highest BCUT2D eigenvalue weighted by atomic mass is 32.2. The second-order valence-corrected chi connectivity index (χ2v) is 6.34. The van der Waals surface area contributed by atoms with Gasteiger partial charge in [-0.25, -0.2) is 14.8 Å². The average Bonchev–Trinajstić information content (AvgIpc) is 2.63. The molecule has 1 saturated heterocycles. The number of hydrogen-bond acceptors (Lipinski definition) is 6. The van der Waals surface area contributed by atoms with Crippen molar-refractivity contribution in [3.05, 3.63) is 42.1 Å². The summed E-state index contributed by atoms with van der Waals surface area (Å²) >= 11 is 1.92. The number of anilines is 1. The van der Waals surface area contributed by atoms with Crippen molar-refractivity contribution in [2.75, 3.05) is 36.1 Å². The summed E-state index contributed by atoms with van der Waals surface area (Å²) in [5, 5.41) is 0. The number of carbonyl (C=O) groups excluding carboxylic acids is 1. The van der Waals surface area contributed by atoms with Crippen LogP contribution in [0.5, 0.6) is 0 Å². The predicted molar refractivity (Wildman–Crippen MR) is 93.0 cm³/mol. The molecule has 0 radical (unpaired) electrons. The van der Waals surface area contributed by atoms with Crippen LogP contribution >= 0.6 is 11.8 Å². The van der Waals surface area contributed by atoms with Gasteiger partial charge in [-0.2, -0.15) is 11.8 Å². The number of esters is 1. The minimum atomic E-state index is -0.361. The van der Waals surface area contributed by atoms with Gasteiger partial charge in [0.2, 0.25) is 0 Å². The van der Waals surface area contributed by atoms with Gasteiger partial charge in [0, 0.05) is 36.4 Å². The van der Waals surface area contributed by atoms with E-state index in [4.69, 9.17) is 4.74 Å². The maximum absolute atomic E-state index is 12.2. The van der Waals surface area contributed by atoms with Crippen LogP contribution in [0.1, 0.15) is 17.3 Å². The van der Waals surface area contributed by atoms with E-state index in [1.165, 1.54) is 0 Å². The molecule has 1 fully saturated rings. The van der Waals surface area contributed by atoms with Crippen molar-refractivity contribution in [2.45, 2.75) is 6.92 Å². The number of nitrogens with zero attached hydrogens (tertiary/aromatic N) is 3. The van der Waals surface area contributed by atoms with Crippen molar-refractivity contribution in [3.8, 4) is 11.4 Å². The summed E-state index contributed by atoms with van der Waals surface area (Å²) in [6.45, 7) is 3.90. The van der Waals surface area contributed by atoms with Crippen LogP contribution in [0, 0.1) is 0 Å². The van der Waals surface area contributed by atoms with Crippen LogP contribution in [0.2, 0.25) is 0 Å². The van der Waals surface area contributed by atoms with Crippen molar-refractivity contribution in [1.29, 1.82) is 0 Å². The van der Waals surface area contributed by atoms with Crippen LogP contribution in [0.4, 0.5) is 5.82 Å². The maximum Gasteiger partial charge on any atom is 0.343 e. The second-order valence-electron chi connectivity index (χ2n) is 5.12. The Balaban J connectivity index is 2.01. The lowest BCUT2D eigenvalue weighted by molar-refractivity contribution is 0.0526. The highest BCUT2D eigenvalue weighted by Gasteiger charge is 2.22. The number of thioether (sulfide) groups is 1. The minimum Gasteiger partial charge on any atom is -0.462 e. The summed E-state index contributed by atoms with van der Waals surface area (Å²) in [6.07, 6.45) is 1.59. The number of aromatic nitrogens is 2.